The summed E-state index contributed by atoms with van der Waals surface area (Å²) < 4.78 is 3.07. The minimum absolute atomic E-state index is 0.148. The Balaban J connectivity index is 1.50. The lowest BCUT2D eigenvalue weighted by Gasteiger charge is -2.31. The molecule has 1 fully saturated rings. The van der Waals surface area contributed by atoms with Crippen molar-refractivity contribution in [1.82, 2.24) is 19.9 Å². The van der Waals surface area contributed by atoms with E-state index in [0.717, 1.165) is 36.9 Å². The predicted octanol–water partition coefficient (Wildman–Crippen LogP) is 2.97. The minimum atomic E-state index is 0.148. The molecular formula is C16H16N4OS. The lowest BCUT2D eigenvalue weighted by atomic mass is 10.0. The molecule has 1 amide bonds. The molecule has 0 saturated carbocycles. The Morgan fingerprint density at radius 2 is 2.05 bits per heavy atom. The number of carbonyl (C=O) groups excluding carboxylic acids is 1. The molecular weight excluding hydrogens is 296 g/mol. The first-order valence-electron chi connectivity index (χ1n) is 7.44. The van der Waals surface area contributed by atoms with Crippen LogP contribution in [0.5, 0.6) is 0 Å². The van der Waals surface area contributed by atoms with Gasteiger partial charge in [-0.25, -0.2) is 4.68 Å². The van der Waals surface area contributed by atoms with Gasteiger partial charge in [-0.05, 0) is 18.9 Å². The first-order chi connectivity index (χ1) is 10.8. The van der Waals surface area contributed by atoms with Crippen LogP contribution in [0.1, 0.15) is 29.2 Å². The highest BCUT2D eigenvalue weighted by Gasteiger charge is 2.26. The molecule has 0 unspecified atom stereocenters. The summed E-state index contributed by atoms with van der Waals surface area (Å²) in [6.45, 7) is 1.54. The standard InChI is InChI=1S/C16H16N4OS/c21-16(14-11-22-15-4-2-1-3-13(14)15)19-8-5-12(6-9-19)20-10-7-17-18-20/h1-4,7,10-12H,5-6,8-9H2. The molecule has 6 heteroatoms. The van der Waals surface area contributed by atoms with Crippen LogP contribution >= 0.6 is 11.3 Å². The highest BCUT2D eigenvalue weighted by molar-refractivity contribution is 7.17. The third-order valence-corrected chi connectivity index (χ3v) is 5.24. The second-order valence-corrected chi connectivity index (χ2v) is 6.46. The third kappa shape index (κ3) is 2.29. The molecule has 0 aliphatic carbocycles. The summed E-state index contributed by atoms with van der Waals surface area (Å²) in [6.07, 6.45) is 5.46. The lowest BCUT2D eigenvalue weighted by Crippen LogP contribution is -2.39. The quantitative estimate of drug-likeness (QED) is 0.731. The SMILES string of the molecule is O=C(c1csc2ccccc12)N1CCC(n2ccnn2)CC1. The smallest absolute Gasteiger partial charge is 0.255 e. The van der Waals surface area contributed by atoms with Crippen molar-refractivity contribution in [3.63, 3.8) is 0 Å². The van der Waals surface area contributed by atoms with Gasteiger partial charge in [-0.1, -0.05) is 23.4 Å². The van der Waals surface area contributed by atoms with Crippen LogP contribution in [0.25, 0.3) is 10.1 Å². The number of fused-ring (bicyclic) bond motifs is 1. The van der Waals surface area contributed by atoms with Crippen molar-refractivity contribution < 1.29 is 4.79 Å². The number of thiophene rings is 1. The number of hydrogen-bond donors (Lipinski definition) is 0. The highest BCUT2D eigenvalue weighted by atomic mass is 32.1. The average Bonchev–Trinajstić information content (AvgIpc) is 3.24. The molecule has 112 valence electrons. The zero-order valence-electron chi connectivity index (χ0n) is 12.1. The number of carbonyl (C=O) groups is 1. The third-order valence-electron chi connectivity index (χ3n) is 4.28. The number of amides is 1. The zero-order chi connectivity index (χ0) is 14.9. The van der Waals surface area contributed by atoms with E-state index >= 15 is 0 Å². The van der Waals surface area contributed by atoms with Crippen LogP contribution in [0.2, 0.25) is 0 Å². The second-order valence-electron chi connectivity index (χ2n) is 5.55. The molecule has 1 aliphatic heterocycles. The maximum Gasteiger partial charge on any atom is 0.255 e. The Labute approximate surface area is 132 Å². The predicted molar refractivity (Wildman–Crippen MR) is 86.0 cm³/mol. The normalized spacial score (nSPS) is 16.3. The fraction of sp³-hybridized carbons (Fsp3) is 0.312. The number of piperidine rings is 1. The molecule has 22 heavy (non-hydrogen) atoms. The number of hydrogen-bond acceptors (Lipinski definition) is 4. The number of nitrogens with zero attached hydrogens (tertiary/aromatic N) is 4. The van der Waals surface area contributed by atoms with E-state index in [2.05, 4.69) is 16.4 Å². The monoisotopic (exact) mass is 312 g/mol. The fourth-order valence-corrected chi connectivity index (χ4v) is 3.99. The van der Waals surface area contributed by atoms with E-state index in [1.54, 1.807) is 17.5 Å². The summed E-state index contributed by atoms with van der Waals surface area (Å²) in [5.74, 6) is 0.148. The van der Waals surface area contributed by atoms with E-state index in [0.29, 0.717) is 6.04 Å². The van der Waals surface area contributed by atoms with Crippen molar-refractivity contribution in [3.05, 3.63) is 47.6 Å². The highest BCUT2D eigenvalue weighted by Crippen LogP contribution is 2.28. The van der Waals surface area contributed by atoms with Gasteiger partial charge in [0.05, 0.1) is 17.8 Å². The van der Waals surface area contributed by atoms with E-state index in [4.69, 9.17) is 0 Å². The van der Waals surface area contributed by atoms with Crippen LogP contribution in [0.15, 0.2) is 42.0 Å². The van der Waals surface area contributed by atoms with Gasteiger partial charge in [0.1, 0.15) is 0 Å². The van der Waals surface area contributed by atoms with Gasteiger partial charge in [-0.2, -0.15) is 0 Å². The van der Waals surface area contributed by atoms with Crippen molar-refractivity contribution in [2.24, 2.45) is 0 Å². The average molecular weight is 312 g/mol. The van der Waals surface area contributed by atoms with Gasteiger partial charge in [-0.15, -0.1) is 16.4 Å². The van der Waals surface area contributed by atoms with Gasteiger partial charge in [0, 0.05) is 34.8 Å². The van der Waals surface area contributed by atoms with Gasteiger partial charge >= 0.3 is 0 Å². The van der Waals surface area contributed by atoms with E-state index in [1.165, 1.54) is 4.70 Å². The summed E-state index contributed by atoms with van der Waals surface area (Å²) in [7, 11) is 0. The summed E-state index contributed by atoms with van der Waals surface area (Å²) in [5.41, 5.74) is 0.833. The van der Waals surface area contributed by atoms with Gasteiger partial charge in [0.25, 0.3) is 5.91 Å². The van der Waals surface area contributed by atoms with Crippen molar-refractivity contribution in [3.8, 4) is 0 Å². The second kappa shape index (κ2) is 5.53. The van der Waals surface area contributed by atoms with Crippen LogP contribution < -0.4 is 0 Å². The van der Waals surface area contributed by atoms with Crippen molar-refractivity contribution >= 4 is 27.3 Å². The number of likely N-dealkylation sites (tertiary alicyclic amines) is 1. The van der Waals surface area contributed by atoms with Crippen LogP contribution in [0.3, 0.4) is 0 Å². The molecule has 1 aromatic carbocycles. The maximum absolute atomic E-state index is 12.8. The zero-order valence-corrected chi connectivity index (χ0v) is 12.9. The number of aromatic nitrogens is 3. The Morgan fingerprint density at radius 1 is 1.23 bits per heavy atom. The van der Waals surface area contributed by atoms with Crippen molar-refractivity contribution in [1.29, 1.82) is 0 Å². The summed E-state index contributed by atoms with van der Waals surface area (Å²) in [5, 5.41) is 11.0. The summed E-state index contributed by atoms with van der Waals surface area (Å²) in [4.78, 5) is 14.7. The van der Waals surface area contributed by atoms with Gasteiger partial charge in [-0.3, -0.25) is 4.79 Å². The molecule has 0 radical (unpaired) electrons. The molecule has 1 aliphatic rings. The Bertz CT molecular complexity index is 787. The molecule has 0 bridgehead atoms. The van der Waals surface area contributed by atoms with Crippen LogP contribution in [0, 0.1) is 0 Å². The Hall–Kier alpha value is -2.21. The Morgan fingerprint density at radius 3 is 2.82 bits per heavy atom. The maximum atomic E-state index is 12.8. The minimum Gasteiger partial charge on any atom is -0.338 e. The molecule has 3 heterocycles. The number of benzene rings is 1. The van der Waals surface area contributed by atoms with Gasteiger partial charge in [0.2, 0.25) is 0 Å². The molecule has 5 nitrogen and oxygen atoms in total. The summed E-state index contributed by atoms with van der Waals surface area (Å²) in [6, 6.07) is 8.44. The summed E-state index contributed by atoms with van der Waals surface area (Å²) >= 11 is 1.63. The van der Waals surface area contributed by atoms with Gasteiger partial charge in [0.15, 0.2) is 0 Å². The van der Waals surface area contributed by atoms with E-state index in [-0.39, 0.29) is 5.91 Å². The van der Waals surface area contributed by atoms with Gasteiger partial charge < -0.3 is 4.90 Å². The molecule has 0 N–H and O–H groups in total. The van der Waals surface area contributed by atoms with E-state index < -0.39 is 0 Å². The van der Waals surface area contributed by atoms with Crippen molar-refractivity contribution in [2.75, 3.05) is 13.1 Å². The Kier molecular flexibility index (Phi) is 3.38. The van der Waals surface area contributed by atoms with Crippen LogP contribution in [-0.4, -0.2) is 38.9 Å². The fourth-order valence-electron chi connectivity index (χ4n) is 3.06. The first kappa shape index (κ1) is 13.5. The molecule has 4 rings (SSSR count). The first-order valence-corrected chi connectivity index (χ1v) is 8.32. The molecule has 0 spiro atoms. The topological polar surface area (TPSA) is 51.0 Å². The molecule has 1 saturated heterocycles. The molecule has 0 atom stereocenters. The van der Waals surface area contributed by atoms with Crippen molar-refractivity contribution in [2.45, 2.75) is 18.9 Å². The van der Waals surface area contributed by atoms with E-state index in [9.17, 15) is 4.79 Å². The largest absolute Gasteiger partial charge is 0.338 e. The molecule has 2 aromatic heterocycles. The number of rotatable bonds is 2. The molecule has 3 aromatic rings. The lowest BCUT2D eigenvalue weighted by molar-refractivity contribution is 0.0691. The van der Waals surface area contributed by atoms with E-state index in [1.807, 2.05) is 39.4 Å². The van der Waals surface area contributed by atoms with Crippen LogP contribution in [-0.2, 0) is 0 Å². The van der Waals surface area contributed by atoms with Crippen LogP contribution in [0.4, 0.5) is 0 Å².